The van der Waals surface area contributed by atoms with E-state index in [2.05, 4.69) is 22.6 Å². The summed E-state index contributed by atoms with van der Waals surface area (Å²) in [6, 6.07) is 0. The standard InChI is InChI=1S/C6H8N2OS/c1-2-5-7-3-4(8-5)6(9)10/h3H,2H2,1H3,(H,7,8)(H,9,10). The molecule has 0 aliphatic heterocycles. The van der Waals surface area contributed by atoms with Crippen molar-refractivity contribution in [2.75, 3.05) is 0 Å². The topological polar surface area (TPSA) is 45.8 Å². The molecule has 0 atom stereocenters. The van der Waals surface area contributed by atoms with Gasteiger partial charge < -0.3 is 4.98 Å². The highest BCUT2D eigenvalue weighted by Gasteiger charge is 2.02. The van der Waals surface area contributed by atoms with E-state index in [-0.39, 0.29) is 5.12 Å². The van der Waals surface area contributed by atoms with Crippen molar-refractivity contribution in [1.82, 2.24) is 9.97 Å². The fraction of sp³-hybridized carbons (Fsp3) is 0.333. The number of thiol groups is 1. The lowest BCUT2D eigenvalue weighted by atomic mass is 10.5. The molecule has 0 aliphatic carbocycles. The number of aromatic nitrogens is 2. The summed E-state index contributed by atoms with van der Waals surface area (Å²) < 4.78 is 0. The maximum absolute atomic E-state index is 10.6. The van der Waals surface area contributed by atoms with Crippen LogP contribution in [0.15, 0.2) is 6.20 Å². The Hall–Kier alpha value is -0.770. The first kappa shape index (κ1) is 7.34. The van der Waals surface area contributed by atoms with E-state index in [0.29, 0.717) is 5.69 Å². The lowest BCUT2D eigenvalue weighted by Gasteiger charge is -1.85. The van der Waals surface area contributed by atoms with E-state index >= 15 is 0 Å². The zero-order valence-electron chi connectivity index (χ0n) is 5.59. The van der Waals surface area contributed by atoms with E-state index < -0.39 is 0 Å². The first-order valence-corrected chi connectivity index (χ1v) is 3.46. The number of hydrogen-bond donors (Lipinski definition) is 2. The number of aryl methyl sites for hydroxylation is 1. The number of nitrogens with one attached hydrogen (secondary N) is 1. The van der Waals surface area contributed by atoms with Crippen LogP contribution in [-0.2, 0) is 6.42 Å². The van der Waals surface area contributed by atoms with Crippen molar-refractivity contribution < 1.29 is 4.79 Å². The van der Waals surface area contributed by atoms with Gasteiger partial charge in [0.1, 0.15) is 11.5 Å². The van der Waals surface area contributed by atoms with E-state index in [1.54, 1.807) is 0 Å². The molecule has 3 nitrogen and oxygen atoms in total. The molecule has 1 aromatic heterocycles. The molecule has 0 amide bonds. The molecule has 0 aliphatic rings. The summed E-state index contributed by atoms with van der Waals surface area (Å²) in [6.07, 6.45) is 2.30. The van der Waals surface area contributed by atoms with Gasteiger partial charge in [0.2, 0.25) is 5.12 Å². The Kier molecular flexibility index (Phi) is 2.11. The summed E-state index contributed by atoms with van der Waals surface area (Å²) in [6.45, 7) is 1.96. The van der Waals surface area contributed by atoms with Gasteiger partial charge in [-0.3, -0.25) is 4.79 Å². The maximum Gasteiger partial charge on any atom is 0.234 e. The van der Waals surface area contributed by atoms with Crippen LogP contribution in [0.4, 0.5) is 0 Å². The van der Waals surface area contributed by atoms with Crippen molar-refractivity contribution in [3.05, 3.63) is 17.7 Å². The maximum atomic E-state index is 10.6. The summed E-state index contributed by atoms with van der Waals surface area (Å²) in [5.74, 6) is 0.817. The Morgan fingerprint density at radius 1 is 1.90 bits per heavy atom. The molecule has 1 aromatic rings. The Balaban J connectivity index is 2.88. The highest BCUT2D eigenvalue weighted by Crippen LogP contribution is 2.00. The van der Waals surface area contributed by atoms with Crippen LogP contribution in [0.2, 0.25) is 0 Å². The molecule has 0 fully saturated rings. The minimum Gasteiger partial charge on any atom is -0.339 e. The molecule has 1 N–H and O–H groups in total. The van der Waals surface area contributed by atoms with Crippen molar-refractivity contribution in [1.29, 1.82) is 0 Å². The fourth-order valence-corrected chi connectivity index (χ4v) is 0.764. The number of rotatable bonds is 2. The lowest BCUT2D eigenvalue weighted by Crippen LogP contribution is -1.88. The average Bonchev–Trinajstić information content (AvgIpc) is 2.34. The predicted molar refractivity (Wildman–Crippen MR) is 41.3 cm³/mol. The number of nitrogens with zero attached hydrogens (tertiary/aromatic N) is 1. The number of imidazole rings is 1. The lowest BCUT2D eigenvalue weighted by molar-refractivity contribution is 0.108. The summed E-state index contributed by atoms with van der Waals surface area (Å²) >= 11 is 3.63. The van der Waals surface area contributed by atoms with E-state index in [1.165, 1.54) is 6.20 Å². The quantitative estimate of drug-likeness (QED) is 0.628. The number of hydrogen-bond acceptors (Lipinski definition) is 2. The normalized spacial score (nSPS) is 9.80. The van der Waals surface area contributed by atoms with E-state index in [9.17, 15) is 4.79 Å². The van der Waals surface area contributed by atoms with Crippen LogP contribution < -0.4 is 0 Å². The van der Waals surface area contributed by atoms with Gasteiger partial charge in [-0.1, -0.05) is 19.6 Å². The Bertz CT molecular complexity index is 244. The Morgan fingerprint density at radius 2 is 2.60 bits per heavy atom. The molecule has 54 valence electrons. The molecule has 0 aromatic carbocycles. The molecule has 0 unspecified atom stereocenters. The third-order valence-electron chi connectivity index (χ3n) is 1.19. The predicted octanol–water partition coefficient (Wildman–Crippen LogP) is 1.04. The Morgan fingerprint density at radius 3 is 2.90 bits per heavy atom. The Labute approximate surface area is 64.3 Å². The van der Waals surface area contributed by atoms with Gasteiger partial charge in [0.05, 0.1) is 6.20 Å². The average molecular weight is 156 g/mol. The molecular weight excluding hydrogens is 148 g/mol. The molecule has 10 heavy (non-hydrogen) atoms. The van der Waals surface area contributed by atoms with Crippen LogP contribution in [-0.4, -0.2) is 15.1 Å². The third-order valence-corrected chi connectivity index (χ3v) is 1.43. The minimum absolute atomic E-state index is 0.271. The first-order valence-electron chi connectivity index (χ1n) is 3.01. The highest BCUT2D eigenvalue weighted by molar-refractivity contribution is 7.97. The van der Waals surface area contributed by atoms with Gasteiger partial charge in [-0.15, -0.1) is 0 Å². The van der Waals surface area contributed by atoms with Gasteiger partial charge in [-0.05, 0) is 0 Å². The summed E-state index contributed by atoms with van der Waals surface area (Å²) in [5, 5.41) is -0.271. The van der Waals surface area contributed by atoms with Gasteiger partial charge in [-0.2, -0.15) is 0 Å². The van der Waals surface area contributed by atoms with Gasteiger partial charge in [0, 0.05) is 6.42 Å². The summed E-state index contributed by atoms with van der Waals surface area (Å²) in [7, 11) is 0. The smallest absolute Gasteiger partial charge is 0.234 e. The van der Waals surface area contributed by atoms with Crippen LogP contribution in [0.25, 0.3) is 0 Å². The molecule has 0 saturated carbocycles. The highest BCUT2D eigenvalue weighted by atomic mass is 32.1. The zero-order chi connectivity index (χ0) is 7.56. The van der Waals surface area contributed by atoms with Gasteiger partial charge in [0.15, 0.2) is 0 Å². The molecule has 0 saturated heterocycles. The molecule has 0 radical (unpaired) electrons. The largest absolute Gasteiger partial charge is 0.339 e. The van der Waals surface area contributed by atoms with Gasteiger partial charge in [0.25, 0.3) is 0 Å². The van der Waals surface area contributed by atoms with E-state index in [1.807, 2.05) is 6.92 Å². The second-order valence-corrected chi connectivity index (χ2v) is 2.31. The molecular formula is C6H8N2OS. The molecule has 0 spiro atoms. The van der Waals surface area contributed by atoms with Gasteiger partial charge in [-0.25, -0.2) is 4.98 Å². The number of H-pyrrole nitrogens is 1. The van der Waals surface area contributed by atoms with Crippen LogP contribution in [0, 0.1) is 0 Å². The van der Waals surface area contributed by atoms with Crippen LogP contribution in [0.1, 0.15) is 23.2 Å². The fourth-order valence-electron chi connectivity index (χ4n) is 0.651. The number of carbonyl (C=O) groups is 1. The first-order chi connectivity index (χ1) is 4.74. The van der Waals surface area contributed by atoms with Crippen LogP contribution >= 0.6 is 12.6 Å². The number of carbonyl (C=O) groups excluding carboxylic acids is 1. The molecule has 4 heteroatoms. The van der Waals surface area contributed by atoms with Gasteiger partial charge >= 0.3 is 0 Å². The van der Waals surface area contributed by atoms with Crippen molar-refractivity contribution in [2.24, 2.45) is 0 Å². The third kappa shape index (κ3) is 1.39. The zero-order valence-corrected chi connectivity index (χ0v) is 6.48. The van der Waals surface area contributed by atoms with Crippen molar-refractivity contribution in [3.63, 3.8) is 0 Å². The van der Waals surface area contributed by atoms with Crippen molar-refractivity contribution >= 4 is 17.7 Å². The van der Waals surface area contributed by atoms with Crippen molar-refractivity contribution in [3.8, 4) is 0 Å². The molecule has 1 heterocycles. The number of aromatic amines is 1. The van der Waals surface area contributed by atoms with Crippen LogP contribution in [0.5, 0.6) is 0 Å². The molecule has 0 bridgehead atoms. The monoisotopic (exact) mass is 156 g/mol. The van der Waals surface area contributed by atoms with E-state index in [0.717, 1.165) is 12.2 Å². The second-order valence-electron chi connectivity index (χ2n) is 1.90. The summed E-state index contributed by atoms with van der Waals surface area (Å²) in [4.78, 5) is 17.3. The summed E-state index contributed by atoms with van der Waals surface area (Å²) in [5.41, 5.74) is 0.459. The van der Waals surface area contributed by atoms with Crippen molar-refractivity contribution in [2.45, 2.75) is 13.3 Å². The SMILES string of the molecule is CCc1ncc(C(=O)S)[nH]1. The second kappa shape index (κ2) is 2.88. The minimum atomic E-state index is -0.271. The molecule has 1 rings (SSSR count). The van der Waals surface area contributed by atoms with E-state index in [4.69, 9.17) is 0 Å². The van der Waals surface area contributed by atoms with Crippen LogP contribution in [0.3, 0.4) is 0 Å².